The highest BCUT2D eigenvalue weighted by Gasteiger charge is 2.14. The van der Waals surface area contributed by atoms with Crippen molar-refractivity contribution >= 4 is 11.6 Å². The highest BCUT2D eigenvalue weighted by atomic mass is 19.1. The molecule has 0 aromatic heterocycles. The lowest BCUT2D eigenvalue weighted by molar-refractivity contribution is -0.387. The second kappa shape index (κ2) is 5.92. The predicted molar refractivity (Wildman–Crippen MR) is 70.7 cm³/mol. The number of halogens is 1. The summed E-state index contributed by atoms with van der Waals surface area (Å²) in [5.74, 6) is -1.19. The fourth-order valence-corrected chi connectivity index (χ4v) is 1.68. The Balaban J connectivity index is 2.06. The Hall–Kier alpha value is -2.76. The van der Waals surface area contributed by atoms with E-state index in [1.807, 2.05) is 0 Å². The number of amides is 1. The second-order valence-electron chi connectivity index (χ2n) is 4.09. The monoisotopic (exact) mass is 274 g/mol. The Bertz CT molecular complexity index is 644. The van der Waals surface area contributed by atoms with Crippen LogP contribution in [0.4, 0.5) is 10.1 Å². The maximum Gasteiger partial charge on any atom is 0.305 e. The molecule has 0 unspecified atom stereocenters. The normalized spacial score (nSPS) is 10.1. The maximum absolute atomic E-state index is 13.2. The summed E-state index contributed by atoms with van der Waals surface area (Å²) in [4.78, 5) is 21.6. The molecule has 102 valence electrons. The first-order valence-corrected chi connectivity index (χ1v) is 5.84. The van der Waals surface area contributed by atoms with Crippen molar-refractivity contribution in [2.24, 2.45) is 0 Å². The lowest BCUT2D eigenvalue weighted by Crippen LogP contribution is -2.22. The predicted octanol–water partition coefficient (Wildman–Crippen LogP) is 2.66. The SMILES string of the molecule is O=C(NCc1ccc(F)c([N+](=O)[O-])c1)c1ccccc1. The first-order chi connectivity index (χ1) is 9.58. The average molecular weight is 274 g/mol. The summed E-state index contributed by atoms with van der Waals surface area (Å²) in [7, 11) is 0. The second-order valence-corrected chi connectivity index (χ2v) is 4.09. The summed E-state index contributed by atoms with van der Waals surface area (Å²) in [6.45, 7) is 0.0921. The van der Waals surface area contributed by atoms with Crippen LogP contribution < -0.4 is 5.32 Å². The fraction of sp³-hybridized carbons (Fsp3) is 0.0714. The van der Waals surface area contributed by atoms with Crippen LogP contribution in [0.2, 0.25) is 0 Å². The molecule has 0 saturated carbocycles. The Morgan fingerprint density at radius 1 is 1.20 bits per heavy atom. The number of hydrogen-bond donors (Lipinski definition) is 1. The Morgan fingerprint density at radius 2 is 1.90 bits per heavy atom. The highest BCUT2D eigenvalue weighted by Crippen LogP contribution is 2.18. The van der Waals surface area contributed by atoms with Crippen LogP contribution in [0.5, 0.6) is 0 Å². The van der Waals surface area contributed by atoms with E-state index in [0.717, 1.165) is 12.1 Å². The van der Waals surface area contributed by atoms with Crippen molar-refractivity contribution in [2.45, 2.75) is 6.54 Å². The van der Waals surface area contributed by atoms with E-state index in [1.165, 1.54) is 6.07 Å². The molecular weight excluding hydrogens is 263 g/mol. The molecule has 0 spiro atoms. The smallest absolute Gasteiger partial charge is 0.305 e. The number of nitrogens with one attached hydrogen (secondary N) is 1. The average Bonchev–Trinajstić information content (AvgIpc) is 2.46. The van der Waals surface area contributed by atoms with E-state index < -0.39 is 16.4 Å². The third kappa shape index (κ3) is 3.17. The molecule has 0 bridgehead atoms. The van der Waals surface area contributed by atoms with E-state index in [2.05, 4.69) is 5.32 Å². The number of carbonyl (C=O) groups is 1. The van der Waals surface area contributed by atoms with Crippen LogP contribution in [0.1, 0.15) is 15.9 Å². The summed E-state index contributed by atoms with van der Waals surface area (Å²) in [6.07, 6.45) is 0. The number of nitro groups is 1. The first-order valence-electron chi connectivity index (χ1n) is 5.84. The van der Waals surface area contributed by atoms with Gasteiger partial charge in [0, 0.05) is 18.2 Å². The largest absolute Gasteiger partial charge is 0.348 e. The molecule has 0 fully saturated rings. The molecule has 0 saturated heterocycles. The van der Waals surface area contributed by atoms with Gasteiger partial charge in [-0.1, -0.05) is 24.3 Å². The molecule has 0 aliphatic carbocycles. The zero-order valence-corrected chi connectivity index (χ0v) is 10.4. The zero-order chi connectivity index (χ0) is 14.5. The van der Waals surface area contributed by atoms with Crippen molar-refractivity contribution in [1.82, 2.24) is 5.32 Å². The molecule has 2 aromatic carbocycles. The van der Waals surface area contributed by atoms with Crippen LogP contribution in [0.25, 0.3) is 0 Å². The van der Waals surface area contributed by atoms with E-state index in [-0.39, 0.29) is 12.5 Å². The number of rotatable bonds is 4. The molecule has 0 aliphatic rings. The van der Waals surface area contributed by atoms with Gasteiger partial charge in [0.15, 0.2) is 0 Å². The summed E-state index contributed by atoms with van der Waals surface area (Å²) < 4.78 is 13.2. The van der Waals surface area contributed by atoms with Gasteiger partial charge in [0.25, 0.3) is 5.91 Å². The van der Waals surface area contributed by atoms with Gasteiger partial charge in [-0.3, -0.25) is 14.9 Å². The van der Waals surface area contributed by atoms with Gasteiger partial charge in [0.1, 0.15) is 0 Å². The molecule has 2 aromatic rings. The lowest BCUT2D eigenvalue weighted by Gasteiger charge is -2.05. The highest BCUT2D eigenvalue weighted by molar-refractivity contribution is 5.94. The van der Waals surface area contributed by atoms with Crippen molar-refractivity contribution in [3.05, 3.63) is 75.6 Å². The number of nitrogens with zero attached hydrogens (tertiary/aromatic N) is 1. The fourth-order valence-electron chi connectivity index (χ4n) is 1.68. The van der Waals surface area contributed by atoms with Gasteiger partial charge in [0.2, 0.25) is 5.82 Å². The van der Waals surface area contributed by atoms with E-state index in [1.54, 1.807) is 30.3 Å². The molecule has 0 aliphatic heterocycles. The third-order valence-electron chi connectivity index (χ3n) is 2.70. The van der Waals surface area contributed by atoms with Gasteiger partial charge >= 0.3 is 5.69 Å². The van der Waals surface area contributed by atoms with Crippen molar-refractivity contribution < 1.29 is 14.1 Å². The third-order valence-corrected chi connectivity index (χ3v) is 2.70. The standard InChI is InChI=1S/C14H11FN2O3/c15-12-7-6-10(8-13(12)17(19)20)9-16-14(18)11-4-2-1-3-5-11/h1-8H,9H2,(H,16,18). The minimum Gasteiger partial charge on any atom is -0.348 e. The van der Waals surface area contributed by atoms with Gasteiger partial charge < -0.3 is 5.32 Å². The van der Waals surface area contributed by atoms with Gasteiger partial charge in [0.05, 0.1) is 4.92 Å². The van der Waals surface area contributed by atoms with Gasteiger partial charge in [-0.25, -0.2) is 0 Å². The Morgan fingerprint density at radius 3 is 2.55 bits per heavy atom. The molecule has 6 heteroatoms. The lowest BCUT2D eigenvalue weighted by atomic mass is 10.1. The summed E-state index contributed by atoms with van der Waals surface area (Å²) in [6, 6.07) is 12.1. The quantitative estimate of drug-likeness (QED) is 0.688. The van der Waals surface area contributed by atoms with Crippen molar-refractivity contribution in [1.29, 1.82) is 0 Å². The first kappa shape index (κ1) is 13.7. The molecule has 1 N–H and O–H groups in total. The summed E-state index contributed by atoms with van der Waals surface area (Å²) in [5, 5.41) is 13.2. The molecular formula is C14H11FN2O3. The topological polar surface area (TPSA) is 72.2 Å². The maximum atomic E-state index is 13.2. The molecule has 20 heavy (non-hydrogen) atoms. The zero-order valence-electron chi connectivity index (χ0n) is 10.4. The van der Waals surface area contributed by atoms with Crippen LogP contribution in [0, 0.1) is 15.9 Å². The molecule has 0 radical (unpaired) electrons. The van der Waals surface area contributed by atoms with Crippen molar-refractivity contribution in [3.63, 3.8) is 0 Å². The summed E-state index contributed by atoms with van der Waals surface area (Å²) in [5.41, 5.74) is 0.350. The van der Waals surface area contributed by atoms with Crippen LogP contribution in [-0.2, 0) is 6.54 Å². The van der Waals surface area contributed by atoms with Gasteiger partial charge in [-0.05, 0) is 23.8 Å². The summed E-state index contributed by atoms with van der Waals surface area (Å²) >= 11 is 0. The number of benzene rings is 2. The van der Waals surface area contributed by atoms with Crippen LogP contribution in [-0.4, -0.2) is 10.8 Å². The van der Waals surface area contributed by atoms with E-state index in [4.69, 9.17) is 0 Å². The minimum absolute atomic E-state index is 0.0921. The number of carbonyl (C=O) groups excluding carboxylic acids is 1. The number of hydrogen-bond acceptors (Lipinski definition) is 3. The van der Waals surface area contributed by atoms with Gasteiger partial charge in [-0.2, -0.15) is 4.39 Å². The van der Waals surface area contributed by atoms with E-state index in [9.17, 15) is 19.3 Å². The van der Waals surface area contributed by atoms with E-state index >= 15 is 0 Å². The molecule has 2 rings (SSSR count). The van der Waals surface area contributed by atoms with Crippen LogP contribution >= 0.6 is 0 Å². The van der Waals surface area contributed by atoms with Gasteiger partial charge in [-0.15, -0.1) is 0 Å². The molecule has 1 amide bonds. The Labute approximate surface area is 114 Å². The van der Waals surface area contributed by atoms with Crippen LogP contribution in [0.3, 0.4) is 0 Å². The van der Waals surface area contributed by atoms with Crippen LogP contribution in [0.15, 0.2) is 48.5 Å². The molecule has 5 nitrogen and oxygen atoms in total. The molecule has 0 atom stereocenters. The minimum atomic E-state index is -0.895. The van der Waals surface area contributed by atoms with Crippen molar-refractivity contribution in [3.8, 4) is 0 Å². The Kier molecular flexibility index (Phi) is 4.05. The van der Waals surface area contributed by atoms with Crippen molar-refractivity contribution in [2.75, 3.05) is 0 Å². The van der Waals surface area contributed by atoms with E-state index in [0.29, 0.717) is 11.1 Å². The molecule has 0 heterocycles. The number of nitro benzene ring substituents is 1.